The third-order valence-electron chi connectivity index (χ3n) is 17.9. The molecule has 0 saturated heterocycles. The normalized spacial score (nSPS) is 25.1. The third kappa shape index (κ3) is 7.86. The molecule has 2 aliphatic heterocycles. The predicted octanol–water partition coefficient (Wildman–Crippen LogP) is 16.7. The highest BCUT2D eigenvalue weighted by atomic mass is 32.2. The van der Waals surface area contributed by atoms with Gasteiger partial charge in [0.2, 0.25) is 0 Å². The lowest BCUT2D eigenvalue weighted by Gasteiger charge is -2.34. The first-order chi connectivity index (χ1) is 38.4. The van der Waals surface area contributed by atoms with Crippen molar-refractivity contribution in [1.82, 2.24) is 4.57 Å². The van der Waals surface area contributed by atoms with Crippen molar-refractivity contribution in [3.8, 4) is 0 Å². The fourth-order valence-corrected chi connectivity index (χ4v) is 17.0. The van der Waals surface area contributed by atoms with E-state index in [1.807, 2.05) is 11.3 Å². The number of nitrogens with two attached hydrogens (primary N) is 1. The minimum Gasteiger partial charge on any atom is -0.383 e. The van der Waals surface area contributed by atoms with Crippen LogP contribution in [0.5, 0.6) is 0 Å². The summed E-state index contributed by atoms with van der Waals surface area (Å²) in [6.07, 6.45) is 51.7. The van der Waals surface area contributed by atoms with E-state index < -0.39 is 0 Å². The largest absolute Gasteiger partial charge is 0.383 e. The molecule has 4 aromatic carbocycles. The van der Waals surface area contributed by atoms with Crippen molar-refractivity contribution in [1.29, 1.82) is 0 Å². The number of aliphatic imine (C=N–C) groups is 2. The van der Waals surface area contributed by atoms with Gasteiger partial charge in [-0.3, -0.25) is 0 Å². The van der Waals surface area contributed by atoms with Gasteiger partial charge in [-0.25, -0.2) is 9.98 Å². The van der Waals surface area contributed by atoms with E-state index in [-0.39, 0.29) is 23.9 Å². The number of aromatic nitrogens is 1. The number of rotatable bonds is 8. The molecule has 0 radical (unpaired) electrons. The summed E-state index contributed by atoms with van der Waals surface area (Å²) >= 11 is 4.03. The zero-order valence-corrected chi connectivity index (χ0v) is 45.9. The highest BCUT2D eigenvalue weighted by Gasteiger charge is 2.46. The molecule has 15 rings (SSSR count). The second kappa shape index (κ2) is 19.5. The second-order valence-electron chi connectivity index (χ2n) is 22.5. The van der Waals surface area contributed by atoms with Gasteiger partial charge >= 0.3 is 0 Å². The van der Waals surface area contributed by atoms with Gasteiger partial charge in [-0.15, -0.1) is 23.1 Å². The summed E-state index contributed by atoms with van der Waals surface area (Å²) in [5, 5.41) is 7.20. The number of para-hydroxylation sites is 1. The van der Waals surface area contributed by atoms with E-state index in [4.69, 9.17) is 15.7 Å². The average molecular weight is 1050 g/mol. The maximum atomic E-state index is 7.23. The lowest BCUT2D eigenvalue weighted by molar-refractivity contribution is 0.576. The molecular weight excluding hydrogens is 987 g/mol. The molecule has 0 spiro atoms. The summed E-state index contributed by atoms with van der Waals surface area (Å²) in [7, 11) is 0. The summed E-state index contributed by atoms with van der Waals surface area (Å²) in [5.41, 5.74) is 23.4. The summed E-state index contributed by atoms with van der Waals surface area (Å²) in [5.74, 6) is 2.02. The molecule has 384 valence electrons. The summed E-state index contributed by atoms with van der Waals surface area (Å²) in [6.45, 7) is 7.04. The molecule has 2 N–H and O–H groups in total. The minimum absolute atomic E-state index is 0.109. The van der Waals surface area contributed by atoms with E-state index in [9.17, 15) is 0 Å². The topological polar surface area (TPSA) is 58.9 Å². The van der Waals surface area contributed by atoms with Gasteiger partial charge in [-0.05, 0) is 146 Å². The lowest BCUT2D eigenvalue weighted by Crippen LogP contribution is -2.34. The first kappa shape index (κ1) is 47.7. The number of amidine groups is 2. The second-order valence-corrected chi connectivity index (χ2v) is 24.9. The van der Waals surface area contributed by atoms with E-state index >= 15 is 0 Å². The molecule has 9 aliphatic rings. The van der Waals surface area contributed by atoms with Crippen LogP contribution in [0.3, 0.4) is 0 Å². The quantitative estimate of drug-likeness (QED) is 0.0939. The molecule has 0 fully saturated rings. The van der Waals surface area contributed by atoms with Crippen LogP contribution in [-0.4, -0.2) is 27.5 Å². The Morgan fingerprint density at radius 1 is 0.756 bits per heavy atom. The van der Waals surface area contributed by atoms with Crippen LogP contribution in [0.4, 0.5) is 11.4 Å². The van der Waals surface area contributed by atoms with E-state index in [1.165, 1.54) is 85.7 Å². The van der Waals surface area contributed by atoms with Crippen molar-refractivity contribution < 1.29 is 0 Å². The molecule has 78 heavy (non-hydrogen) atoms. The summed E-state index contributed by atoms with van der Waals surface area (Å²) < 4.78 is 5.23. The van der Waals surface area contributed by atoms with Crippen molar-refractivity contribution in [3.05, 3.63) is 232 Å². The van der Waals surface area contributed by atoms with Crippen molar-refractivity contribution in [2.75, 3.05) is 4.90 Å². The summed E-state index contributed by atoms with van der Waals surface area (Å²) in [4.78, 5) is 15.2. The molecule has 6 atom stereocenters. The van der Waals surface area contributed by atoms with Gasteiger partial charge in [0.15, 0.2) is 5.84 Å². The smallest absolute Gasteiger partial charge is 0.158 e. The fourth-order valence-electron chi connectivity index (χ4n) is 14.4. The Kier molecular flexibility index (Phi) is 11.9. The van der Waals surface area contributed by atoms with Crippen LogP contribution in [-0.2, 0) is 0 Å². The van der Waals surface area contributed by atoms with Crippen molar-refractivity contribution in [2.45, 2.75) is 99.3 Å². The van der Waals surface area contributed by atoms with Gasteiger partial charge in [0.05, 0.1) is 23.3 Å². The number of anilines is 2. The number of hydrogen-bond donors (Lipinski definition) is 1. The molecule has 2 aromatic heterocycles. The van der Waals surface area contributed by atoms with Crippen molar-refractivity contribution in [3.63, 3.8) is 0 Å². The fraction of sp³-hybridized carbons (Fsp3) is 0.239. The van der Waals surface area contributed by atoms with Crippen LogP contribution < -0.4 is 21.2 Å². The maximum Gasteiger partial charge on any atom is 0.158 e. The molecule has 0 bridgehead atoms. The monoisotopic (exact) mass is 1050 g/mol. The minimum atomic E-state index is 0.109. The van der Waals surface area contributed by atoms with Crippen LogP contribution in [0.2, 0.25) is 0 Å². The first-order valence-corrected chi connectivity index (χ1v) is 30.2. The Hall–Kier alpha value is -7.45. The number of hydrogen-bond acceptors (Lipinski definition) is 4. The number of thioether (sulfide) groups is 1. The van der Waals surface area contributed by atoms with E-state index in [2.05, 4.69) is 217 Å². The standard InChI is InChI=1S/C71H63N5S2/c1-43-33-36-57-55(41-43)65-59(76(57)49-25-13-6-14-26-49)38-40-63-69(65)67-52(29-18-32-61(67)78-63)51-35-34-47(42-54(51)71(73-44(2)45-19-7-3-8-20-45)74-70(72)46-21-9-4-10-22-46)50-28-17-31-60-66(50)68-62(77-60)39-37-58-64(68)53-27-15-16-30-56(53)75(58)48-23-11-5-12-24-48/h4-7,9,11-16,18-21,23-25,27-29,32,34-41,43,47,49,56,60,66H,2-3,8,10,17,22,26,30-31,33,42H2,1H3,(H2,72,73,74). The Labute approximate surface area is 465 Å². The zero-order chi connectivity index (χ0) is 52.0. The van der Waals surface area contributed by atoms with Gasteiger partial charge in [-0.2, -0.15) is 0 Å². The Morgan fingerprint density at radius 3 is 2.51 bits per heavy atom. The van der Waals surface area contributed by atoms with Crippen molar-refractivity contribution >= 4 is 101 Å². The number of nitrogens with zero attached hydrogens (tertiary/aromatic N) is 4. The van der Waals surface area contributed by atoms with Crippen LogP contribution in [0.15, 0.2) is 219 Å². The molecule has 6 unspecified atom stereocenters. The SMILES string of the molecule is C=C(N=C(N=C(N)C1=CC=CCC1)C1=C(c2cccc3sc4ccc5c(c6c(n5C5C=CC=CC5)=CCC(C)C=6)c4c23)C=CC(C2=CCCC3Sc4ccc5c(c4C23)C2=CC=CCC2N5c2ccccc2)C1)C1=CCCC=C1. The van der Waals surface area contributed by atoms with Crippen LogP contribution in [0.1, 0.15) is 99.8 Å². The predicted molar refractivity (Wildman–Crippen MR) is 334 cm³/mol. The van der Waals surface area contributed by atoms with Gasteiger partial charge in [0.1, 0.15) is 5.84 Å². The molecule has 5 nitrogen and oxygen atoms in total. The van der Waals surface area contributed by atoms with Gasteiger partial charge < -0.3 is 15.2 Å². The lowest BCUT2D eigenvalue weighted by atomic mass is 9.71. The Morgan fingerprint density at radius 2 is 1.65 bits per heavy atom. The molecular formula is C71H63N5S2. The Balaban J connectivity index is 0.943. The van der Waals surface area contributed by atoms with Crippen LogP contribution in [0.25, 0.3) is 54.4 Å². The number of allylic oxidation sites excluding steroid dienone is 17. The Bertz CT molecular complexity index is 4150. The number of fused-ring (bicyclic) bond motifs is 14. The highest BCUT2D eigenvalue weighted by Crippen LogP contribution is 2.61. The van der Waals surface area contributed by atoms with Gasteiger partial charge in [0.25, 0.3) is 0 Å². The molecule has 6 aromatic rings. The van der Waals surface area contributed by atoms with Crippen LogP contribution >= 0.6 is 23.1 Å². The number of benzene rings is 4. The maximum absolute atomic E-state index is 7.23. The van der Waals surface area contributed by atoms with E-state index in [1.54, 1.807) is 0 Å². The van der Waals surface area contributed by atoms with Gasteiger partial charge in [0, 0.05) is 80.6 Å². The molecule has 0 saturated carbocycles. The van der Waals surface area contributed by atoms with Crippen LogP contribution in [0, 0.1) is 11.8 Å². The zero-order valence-electron chi connectivity index (χ0n) is 44.2. The summed E-state index contributed by atoms with van der Waals surface area (Å²) in [6, 6.07) is 28.2. The van der Waals surface area contributed by atoms with Crippen molar-refractivity contribution in [2.24, 2.45) is 27.6 Å². The third-order valence-corrected chi connectivity index (χ3v) is 20.4. The van der Waals surface area contributed by atoms with Gasteiger partial charge in [-0.1, -0.05) is 159 Å². The number of thiophene rings is 1. The van der Waals surface area contributed by atoms with E-state index in [0.717, 1.165) is 92.2 Å². The average Bonchev–Trinajstić information content (AvgIpc) is 4.43. The van der Waals surface area contributed by atoms with E-state index in [0.29, 0.717) is 22.8 Å². The molecule has 7 heteroatoms. The highest BCUT2D eigenvalue weighted by molar-refractivity contribution is 8.00. The molecule has 4 heterocycles. The first-order valence-electron chi connectivity index (χ1n) is 28.5. The molecule has 7 aliphatic carbocycles. The molecule has 0 amide bonds.